The van der Waals surface area contributed by atoms with Gasteiger partial charge in [0.15, 0.2) is 0 Å². The van der Waals surface area contributed by atoms with E-state index in [0.29, 0.717) is 44.1 Å². The van der Waals surface area contributed by atoms with E-state index in [-0.39, 0.29) is 5.91 Å². The Kier molecular flexibility index (Phi) is 8.88. The van der Waals surface area contributed by atoms with Crippen LogP contribution < -0.4 is 5.73 Å². The van der Waals surface area contributed by atoms with Crippen LogP contribution in [0.3, 0.4) is 0 Å². The summed E-state index contributed by atoms with van der Waals surface area (Å²) >= 11 is 0. The number of aliphatic hydroxyl groups excluding tert-OH is 1. The number of fused-ring (bicyclic) bond motifs is 1. The number of carbonyl (C=O) groups is 1. The highest BCUT2D eigenvalue weighted by atomic mass is 16.5. The van der Waals surface area contributed by atoms with Gasteiger partial charge in [-0.1, -0.05) is 24.3 Å². The standard InChI is InChI=1S/C28H36N4O4/c1-35-15-13-32(14-16-36-2)28(34)24-17-23-10-9-22(18-25(23)30-26(29)19-24)20-5-7-21(8-6-20)27(33)31-11-3-4-12-31/h5-10,17-18,28,34H,3-4,11-16,19H2,1-2H3,(H2,29,30). The van der Waals surface area contributed by atoms with Crippen LogP contribution in [0.5, 0.6) is 0 Å². The molecule has 0 aromatic heterocycles. The van der Waals surface area contributed by atoms with Gasteiger partial charge >= 0.3 is 0 Å². The van der Waals surface area contributed by atoms with E-state index in [2.05, 4.69) is 4.99 Å². The first-order valence-corrected chi connectivity index (χ1v) is 12.5. The Balaban J connectivity index is 1.56. The van der Waals surface area contributed by atoms with Crippen LogP contribution in [0.25, 0.3) is 17.2 Å². The molecule has 2 aliphatic heterocycles. The van der Waals surface area contributed by atoms with Crippen LogP contribution in [0.1, 0.15) is 35.2 Å². The van der Waals surface area contributed by atoms with Crippen molar-refractivity contribution in [2.75, 3.05) is 53.6 Å². The molecular weight excluding hydrogens is 456 g/mol. The molecule has 0 aliphatic carbocycles. The van der Waals surface area contributed by atoms with Gasteiger partial charge in [-0.05, 0) is 53.8 Å². The third-order valence-electron chi connectivity index (χ3n) is 6.72. The Bertz CT molecular complexity index is 1100. The smallest absolute Gasteiger partial charge is 0.253 e. The van der Waals surface area contributed by atoms with Crippen molar-refractivity contribution in [3.8, 4) is 11.1 Å². The number of benzene rings is 2. The lowest BCUT2D eigenvalue weighted by atomic mass is 9.99. The maximum Gasteiger partial charge on any atom is 0.253 e. The van der Waals surface area contributed by atoms with Crippen LogP contribution in [0.2, 0.25) is 0 Å². The Morgan fingerprint density at radius 3 is 2.33 bits per heavy atom. The SMILES string of the molecule is COCCN(CCOC)C(O)C1=Cc2ccc(-c3ccc(C(=O)N4CCCC4)cc3)cc2N=C(N)C1. The van der Waals surface area contributed by atoms with Crippen LogP contribution >= 0.6 is 0 Å². The maximum atomic E-state index is 12.7. The molecule has 0 spiro atoms. The second-order valence-corrected chi connectivity index (χ2v) is 9.24. The molecule has 192 valence electrons. The summed E-state index contributed by atoms with van der Waals surface area (Å²) in [5.74, 6) is 0.542. The van der Waals surface area contributed by atoms with E-state index in [1.165, 1.54) is 0 Å². The van der Waals surface area contributed by atoms with E-state index < -0.39 is 6.23 Å². The van der Waals surface area contributed by atoms with Crippen molar-refractivity contribution in [3.05, 3.63) is 59.2 Å². The number of rotatable bonds is 10. The Morgan fingerprint density at radius 2 is 1.69 bits per heavy atom. The number of carbonyl (C=O) groups excluding carboxylic acids is 1. The molecule has 0 radical (unpaired) electrons. The average Bonchev–Trinajstić information content (AvgIpc) is 3.38. The predicted octanol–water partition coefficient (Wildman–Crippen LogP) is 3.28. The molecule has 2 aromatic rings. The first kappa shape index (κ1) is 26.0. The largest absolute Gasteiger partial charge is 0.387 e. The molecular formula is C28H36N4O4. The number of amidine groups is 1. The van der Waals surface area contributed by atoms with Crippen LogP contribution in [-0.4, -0.2) is 86.5 Å². The number of aliphatic hydroxyl groups is 1. The molecule has 1 atom stereocenters. The lowest BCUT2D eigenvalue weighted by molar-refractivity contribution is 0.00109. The van der Waals surface area contributed by atoms with Crippen molar-refractivity contribution in [3.63, 3.8) is 0 Å². The lowest BCUT2D eigenvalue weighted by Gasteiger charge is -2.29. The van der Waals surface area contributed by atoms with Crippen molar-refractivity contribution >= 4 is 23.5 Å². The fourth-order valence-electron chi connectivity index (χ4n) is 4.68. The molecule has 2 heterocycles. The van der Waals surface area contributed by atoms with Gasteiger partial charge in [0.1, 0.15) is 12.1 Å². The molecule has 1 unspecified atom stereocenters. The Morgan fingerprint density at radius 1 is 1.06 bits per heavy atom. The topological polar surface area (TPSA) is 101 Å². The molecule has 1 saturated heterocycles. The zero-order chi connectivity index (χ0) is 25.5. The molecule has 0 saturated carbocycles. The summed E-state index contributed by atoms with van der Waals surface area (Å²) in [5.41, 5.74) is 11.4. The van der Waals surface area contributed by atoms with Crippen molar-refractivity contribution in [2.45, 2.75) is 25.5 Å². The summed E-state index contributed by atoms with van der Waals surface area (Å²) in [6.45, 7) is 3.81. The van der Waals surface area contributed by atoms with Gasteiger partial charge in [-0.25, -0.2) is 4.99 Å². The molecule has 3 N–H and O–H groups in total. The van der Waals surface area contributed by atoms with Crippen molar-refractivity contribution in [1.29, 1.82) is 0 Å². The summed E-state index contributed by atoms with van der Waals surface area (Å²) in [7, 11) is 3.28. The van der Waals surface area contributed by atoms with E-state index in [9.17, 15) is 9.90 Å². The normalized spacial score (nSPS) is 16.4. The van der Waals surface area contributed by atoms with Crippen LogP contribution in [0.15, 0.2) is 53.0 Å². The summed E-state index contributed by atoms with van der Waals surface area (Å²) < 4.78 is 10.4. The minimum absolute atomic E-state index is 0.0969. The maximum absolute atomic E-state index is 12.7. The quantitative estimate of drug-likeness (QED) is 0.494. The fraction of sp³-hybridized carbons (Fsp3) is 0.429. The van der Waals surface area contributed by atoms with Crippen molar-refractivity contribution < 1.29 is 19.4 Å². The summed E-state index contributed by atoms with van der Waals surface area (Å²) in [5, 5.41) is 11.1. The van der Waals surface area contributed by atoms with Gasteiger partial charge in [-0.15, -0.1) is 0 Å². The third-order valence-corrected chi connectivity index (χ3v) is 6.72. The van der Waals surface area contributed by atoms with Crippen molar-refractivity contribution in [1.82, 2.24) is 9.80 Å². The van der Waals surface area contributed by atoms with Gasteiger partial charge in [0, 0.05) is 57.9 Å². The molecule has 0 bridgehead atoms. The number of likely N-dealkylation sites (tertiary alicyclic amines) is 1. The van der Waals surface area contributed by atoms with Gasteiger partial charge in [-0.2, -0.15) is 0 Å². The molecule has 1 amide bonds. The van der Waals surface area contributed by atoms with Gasteiger partial charge < -0.3 is 25.2 Å². The molecule has 2 aromatic carbocycles. The van der Waals surface area contributed by atoms with Gasteiger partial charge in [-0.3, -0.25) is 9.69 Å². The highest BCUT2D eigenvalue weighted by molar-refractivity contribution is 5.95. The molecule has 2 aliphatic rings. The number of ether oxygens (including phenoxy) is 2. The predicted molar refractivity (Wildman–Crippen MR) is 142 cm³/mol. The fourth-order valence-corrected chi connectivity index (χ4v) is 4.68. The zero-order valence-electron chi connectivity index (χ0n) is 21.2. The first-order valence-electron chi connectivity index (χ1n) is 12.5. The molecule has 4 rings (SSSR count). The molecule has 1 fully saturated rings. The number of hydrogen-bond acceptors (Lipinski definition) is 7. The van der Waals surface area contributed by atoms with E-state index >= 15 is 0 Å². The lowest BCUT2D eigenvalue weighted by Crippen LogP contribution is -2.41. The monoisotopic (exact) mass is 492 g/mol. The number of methoxy groups -OCH3 is 2. The minimum atomic E-state index is -0.824. The number of aliphatic imine (C=N–C) groups is 1. The summed E-state index contributed by atoms with van der Waals surface area (Å²) in [6.07, 6.45) is 3.67. The number of amides is 1. The van der Waals surface area contributed by atoms with E-state index in [4.69, 9.17) is 15.2 Å². The average molecular weight is 493 g/mol. The summed E-state index contributed by atoms with van der Waals surface area (Å²) in [6, 6.07) is 13.8. The van der Waals surface area contributed by atoms with Crippen LogP contribution in [0.4, 0.5) is 5.69 Å². The third kappa shape index (κ3) is 6.20. The molecule has 8 heteroatoms. The van der Waals surface area contributed by atoms with Crippen molar-refractivity contribution in [2.24, 2.45) is 10.7 Å². The zero-order valence-corrected chi connectivity index (χ0v) is 21.2. The van der Waals surface area contributed by atoms with Gasteiger partial charge in [0.2, 0.25) is 0 Å². The number of hydrogen-bond donors (Lipinski definition) is 2. The van der Waals surface area contributed by atoms with E-state index in [1.54, 1.807) is 14.2 Å². The number of nitrogens with two attached hydrogens (primary N) is 1. The van der Waals surface area contributed by atoms with Gasteiger partial charge in [0.25, 0.3) is 5.91 Å². The Labute approximate surface area is 213 Å². The minimum Gasteiger partial charge on any atom is -0.387 e. The molecule has 8 nitrogen and oxygen atoms in total. The Hall–Kier alpha value is -3.04. The van der Waals surface area contributed by atoms with Crippen LogP contribution in [-0.2, 0) is 9.47 Å². The summed E-state index contributed by atoms with van der Waals surface area (Å²) in [4.78, 5) is 21.1. The second kappa shape index (κ2) is 12.3. The highest BCUT2D eigenvalue weighted by Crippen LogP contribution is 2.33. The first-order chi connectivity index (χ1) is 17.5. The highest BCUT2D eigenvalue weighted by Gasteiger charge is 2.23. The number of nitrogens with zero attached hydrogens (tertiary/aromatic N) is 3. The van der Waals surface area contributed by atoms with Crippen LogP contribution in [0, 0.1) is 0 Å². The van der Waals surface area contributed by atoms with E-state index in [1.807, 2.05) is 58.3 Å². The van der Waals surface area contributed by atoms with E-state index in [0.717, 1.165) is 53.9 Å². The molecule has 36 heavy (non-hydrogen) atoms. The second-order valence-electron chi connectivity index (χ2n) is 9.24. The van der Waals surface area contributed by atoms with Gasteiger partial charge in [0.05, 0.1) is 18.9 Å².